The fourth-order valence-corrected chi connectivity index (χ4v) is 14.0. The SMILES string of the molecule is CC(C)C(OC(=O)N1CCC1)C1CCC2C(CC3C4CCC5C6(CCCC(OC(=O)N7CCn8cnnc8C7)C5(C)C)CC4(CCC23C)C6)O1. The monoisotopic (exact) mass is 691 g/mol. The number of hydrogen-bond donors (Lipinski definition) is 0. The zero-order valence-corrected chi connectivity index (χ0v) is 31.3. The first-order valence-electron chi connectivity index (χ1n) is 20.4. The van der Waals surface area contributed by atoms with Crippen molar-refractivity contribution in [2.75, 3.05) is 19.6 Å². The zero-order chi connectivity index (χ0) is 34.6. The normalized spacial score (nSPS) is 43.4. The van der Waals surface area contributed by atoms with Crippen LogP contribution in [0.1, 0.15) is 124 Å². The standard InChI is InChI=1S/C40H61N5O5/c1-25(2)34(50-35(46)43-16-7-17-43)29-11-9-27-30(48-29)20-28-26-10-12-31-37(3,4)32(49-36(47)44-18-19-45-24-41-42-33(45)21-44)8-6-13-40(31)22-39(26,23-40)15-14-38(27,28)5/h24-32,34H,6-23H2,1-5H3. The molecule has 6 saturated carbocycles. The maximum Gasteiger partial charge on any atom is 0.410 e. The minimum atomic E-state index is -0.182. The van der Waals surface area contributed by atoms with E-state index in [4.69, 9.17) is 14.2 Å². The molecule has 10 nitrogen and oxygen atoms in total. The zero-order valence-electron chi connectivity index (χ0n) is 31.3. The van der Waals surface area contributed by atoms with Gasteiger partial charge in [-0.15, -0.1) is 10.2 Å². The van der Waals surface area contributed by atoms with Crippen LogP contribution in [-0.2, 0) is 27.3 Å². The molecule has 2 amide bonds. The Morgan fingerprint density at radius 1 is 0.860 bits per heavy atom. The minimum absolute atomic E-state index is 0.00397. The van der Waals surface area contributed by atoms with Crippen LogP contribution in [0.25, 0.3) is 0 Å². The van der Waals surface area contributed by atoms with Crippen molar-refractivity contribution < 1.29 is 23.8 Å². The molecule has 9 unspecified atom stereocenters. The molecule has 9 aliphatic rings. The number of likely N-dealkylation sites (tertiary alicyclic amines) is 1. The molecule has 2 spiro atoms. The van der Waals surface area contributed by atoms with E-state index in [0.29, 0.717) is 47.1 Å². The number of carbonyl (C=O) groups is 2. The molecule has 0 radical (unpaired) electrons. The quantitative estimate of drug-likeness (QED) is 0.324. The lowest BCUT2D eigenvalue weighted by molar-refractivity contribution is -0.179. The highest BCUT2D eigenvalue weighted by atomic mass is 16.6. The Hall–Kier alpha value is -2.36. The van der Waals surface area contributed by atoms with Crippen LogP contribution in [-0.4, -0.2) is 80.8 Å². The van der Waals surface area contributed by atoms with Crippen LogP contribution in [0.2, 0.25) is 0 Å². The van der Waals surface area contributed by atoms with E-state index in [0.717, 1.165) is 57.1 Å². The second kappa shape index (κ2) is 11.8. The number of hydrogen-bond acceptors (Lipinski definition) is 7. The van der Waals surface area contributed by atoms with E-state index in [-0.39, 0.29) is 47.9 Å². The number of amides is 2. The van der Waals surface area contributed by atoms with Gasteiger partial charge in [0.05, 0.1) is 18.8 Å². The number of ether oxygens (including phenoxy) is 3. The topological polar surface area (TPSA) is 99.0 Å². The van der Waals surface area contributed by atoms with Gasteiger partial charge >= 0.3 is 12.2 Å². The van der Waals surface area contributed by atoms with E-state index in [9.17, 15) is 9.59 Å². The molecule has 8 fully saturated rings. The largest absolute Gasteiger partial charge is 0.446 e. The lowest BCUT2D eigenvalue weighted by Crippen LogP contribution is -2.59. The van der Waals surface area contributed by atoms with E-state index in [1.54, 1.807) is 6.33 Å². The maximum atomic E-state index is 13.6. The Balaban J connectivity index is 0.901. The molecule has 3 aliphatic heterocycles. The maximum absolute atomic E-state index is 13.6. The Morgan fingerprint density at radius 3 is 2.42 bits per heavy atom. The van der Waals surface area contributed by atoms with Gasteiger partial charge in [-0.1, -0.05) is 34.6 Å². The van der Waals surface area contributed by atoms with Crippen molar-refractivity contribution in [3.63, 3.8) is 0 Å². The molecule has 1 aromatic rings. The summed E-state index contributed by atoms with van der Waals surface area (Å²) in [5.74, 6) is 3.69. The molecule has 1 aromatic heterocycles. The number of rotatable bonds is 4. The fraction of sp³-hybridized carbons (Fsp3) is 0.900. The van der Waals surface area contributed by atoms with E-state index >= 15 is 0 Å². The molecule has 2 saturated heterocycles. The average Bonchev–Trinajstić information content (AvgIpc) is 3.51. The van der Waals surface area contributed by atoms with Crippen LogP contribution in [0.15, 0.2) is 6.33 Å². The predicted molar refractivity (Wildman–Crippen MR) is 187 cm³/mol. The first kappa shape index (κ1) is 33.5. The van der Waals surface area contributed by atoms with Gasteiger partial charge in [-0.25, -0.2) is 9.59 Å². The van der Waals surface area contributed by atoms with Gasteiger partial charge in [0.2, 0.25) is 0 Å². The Kier molecular flexibility index (Phi) is 7.92. The molecule has 10 rings (SSSR count). The van der Waals surface area contributed by atoms with Crippen molar-refractivity contribution in [2.45, 2.75) is 156 Å². The third-order valence-electron chi connectivity index (χ3n) is 16.5. The van der Waals surface area contributed by atoms with Crippen molar-refractivity contribution >= 4 is 12.2 Å². The summed E-state index contributed by atoms with van der Waals surface area (Å²) in [7, 11) is 0. The molecular weight excluding hydrogens is 630 g/mol. The van der Waals surface area contributed by atoms with Gasteiger partial charge in [-0.3, -0.25) is 4.90 Å². The molecule has 2 bridgehead atoms. The molecular formula is C40H61N5O5. The van der Waals surface area contributed by atoms with Crippen molar-refractivity contribution in [2.24, 2.45) is 51.2 Å². The number of nitrogens with zero attached hydrogens (tertiary/aromatic N) is 5. The average molecular weight is 692 g/mol. The summed E-state index contributed by atoms with van der Waals surface area (Å²) in [5.41, 5.74) is 1.11. The summed E-state index contributed by atoms with van der Waals surface area (Å²) in [6.45, 7) is 15.3. The fourth-order valence-electron chi connectivity index (χ4n) is 14.0. The summed E-state index contributed by atoms with van der Waals surface area (Å²) in [5, 5.41) is 8.25. The molecule has 276 valence electrons. The lowest BCUT2D eigenvalue weighted by atomic mass is 9.38. The summed E-state index contributed by atoms with van der Waals surface area (Å²) < 4.78 is 21.8. The van der Waals surface area contributed by atoms with Crippen molar-refractivity contribution in [1.29, 1.82) is 0 Å². The molecule has 4 heterocycles. The lowest BCUT2D eigenvalue weighted by Gasteiger charge is -2.66. The molecule has 50 heavy (non-hydrogen) atoms. The summed E-state index contributed by atoms with van der Waals surface area (Å²) in [4.78, 5) is 30.1. The van der Waals surface area contributed by atoms with Gasteiger partial charge in [0.25, 0.3) is 0 Å². The third kappa shape index (κ3) is 5.02. The van der Waals surface area contributed by atoms with Crippen LogP contribution >= 0.6 is 0 Å². The summed E-state index contributed by atoms with van der Waals surface area (Å²) >= 11 is 0. The van der Waals surface area contributed by atoms with Crippen LogP contribution in [0.4, 0.5) is 9.59 Å². The molecule has 0 aromatic carbocycles. The van der Waals surface area contributed by atoms with E-state index in [1.807, 2.05) is 14.4 Å². The first-order valence-corrected chi connectivity index (χ1v) is 20.4. The van der Waals surface area contributed by atoms with Crippen molar-refractivity contribution in [1.82, 2.24) is 24.6 Å². The first-order chi connectivity index (χ1) is 23.9. The smallest absolute Gasteiger partial charge is 0.410 e. The minimum Gasteiger partial charge on any atom is -0.446 e. The van der Waals surface area contributed by atoms with Crippen molar-refractivity contribution in [3.05, 3.63) is 12.2 Å². The van der Waals surface area contributed by atoms with Crippen LogP contribution in [0.3, 0.4) is 0 Å². The molecule has 10 heteroatoms. The highest BCUT2D eigenvalue weighted by Gasteiger charge is 2.71. The van der Waals surface area contributed by atoms with Gasteiger partial charge in [0.15, 0.2) is 5.82 Å². The number of fused-ring (bicyclic) bond motifs is 5. The number of carbonyl (C=O) groups excluding carboxylic acids is 2. The van der Waals surface area contributed by atoms with Gasteiger partial charge in [0.1, 0.15) is 18.5 Å². The van der Waals surface area contributed by atoms with E-state index in [1.165, 1.54) is 57.8 Å². The third-order valence-corrected chi connectivity index (χ3v) is 16.5. The Morgan fingerprint density at radius 2 is 1.66 bits per heavy atom. The second-order valence-electron chi connectivity index (χ2n) is 19.4. The predicted octanol–water partition coefficient (Wildman–Crippen LogP) is 7.45. The molecule has 6 aliphatic carbocycles. The highest BCUT2D eigenvalue weighted by molar-refractivity contribution is 5.69. The van der Waals surface area contributed by atoms with Crippen LogP contribution in [0, 0.1) is 51.2 Å². The van der Waals surface area contributed by atoms with Gasteiger partial charge in [-0.2, -0.15) is 0 Å². The van der Waals surface area contributed by atoms with Crippen LogP contribution < -0.4 is 0 Å². The van der Waals surface area contributed by atoms with Gasteiger partial charge < -0.3 is 23.7 Å². The summed E-state index contributed by atoms with van der Waals surface area (Å²) in [6.07, 6.45) is 17.2. The number of aromatic nitrogens is 3. The van der Waals surface area contributed by atoms with Gasteiger partial charge in [0, 0.05) is 31.6 Å². The van der Waals surface area contributed by atoms with Gasteiger partial charge in [-0.05, 0) is 129 Å². The van der Waals surface area contributed by atoms with E-state index in [2.05, 4.69) is 44.8 Å². The Bertz CT molecular complexity index is 1480. The second-order valence-corrected chi connectivity index (χ2v) is 19.4. The van der Waals surface area contributed by atoms with Crippen molar-refractivity contribution in [3.8, 4) is 0 Å². The molecule has 0 N–H and O–H groups in total. The Labute approximate surface area is 298 Å². The highest BCUT2D eigenvalue weighted by Crippen LogP contribution is 2.78. The van der Waals surface area contributed by atoms with Crippen LogP contribution in [0.5, 0.6) is 0 Å². The van der Waals surface area contributed by atoms with E-state index < -0.39 is 0 Å². The molecule has 9 atom stereocenters. The summed E-state index contributed by atoms with van der Waals surface area (Å²) in [6, 6.07) is 0.